The Morgan fingerprint density at radius 1 is 1.33 bits per heavy atom. The van der Waals surface area contributed by atoms with Crippen LogP contribution in [-0.2, 0) is 12.8 Å². The standard InChI is InChI=1S/C14H20N2O2/c1-3-16(4-2)13-11(14(17)18)9-10-7-5-6-8-12(10)15-13/h9H,3-8H2,1-2H3,(H,17,18). The fourth-order valence-corrected chi connectivity index (χ4v) is 2.54. The molecule has 0 amide bonds. The normalized spacial score (nSPS) is 14.1. The summed E-state index contributed by atoms with van der Waals surface area (Å²) in [4.78, 5) is 18.0. The number of carboxylic acids is 1. The summed E-state index contributed by atoms with van der Waals surface area (Å²) in [5, 5.41) is 9.34. The fourth-order valence-electron chi connectivity index (χ4n) is 2.54. The highest BCUT2D eigenvalue weighted by Gasteiger charge is 2.21. The van der Waals surface area contributed by atoms with Crippen LogP contribution in [0.2, 0.25) is 0 Å². The Hall–Kier alpha value is -1.58. The summed E-state index contributed by atoms with van der Waals surface area (Å²) < 4.78 is 0. The van der Waals surface area contributed by atoms with Crippen LogP contribution in [0.1, 0.15) is 48.3 Å². The lowest BCUT2D eigenvalue weighted by atomic mass is 9.94. The Labute approximate surface area is 108 Å². The number of nitrogens with zero attached hydrogens (tertiary/aromatic N) is 2. The summed E-state index contributed by atoms with van der Waals surface area (Å²) in [5.41, 5.74) is 2.56. The van der Waals surface area contributed by atoms with E-state index in [0.717, 1.165) is 50.0 Å². The van der Waals surface area contributed by atoms with E-state index in [2.05, 4.69) is 4.98 Å². The quantitative estimate of drug-likeness (QED) is 0.889. The smallest absolute Gasteiger partial charge is 0.339 e. The molecule has 1 N–H and O–H groups in total. The number of aryl methyl sites for hydroxylation is 2. The van der Waals surface area contributed by atoms with Crippen LogP contribution in [0, 0.1) is 0 Å². The van der Waals surface area contributed by atoms with Crippen LogP contribution in [0.4, 0.5) is 5.82 Å². The van der Waals surface area contributed by atoms with Crippen LogP contribution in [0.15, 0.2) is 6.07 Å². The van der Waals surface area contributed by atoms with E-state index in [1.54, 1.807) is 0 Å². The molecule has 4 heteroatoms. The predicted octanol–water partition coefficient (Wildman–Crippen LogP) is 2.50. The van der Waals surface area contributed by atoms with Gasteiger partial charge < -0.3 is 10.0 Å². The molecule has 1 heterocycles. The number of anilines is 1. The summed E-state index contributed by atoms with van der Waals surface area (Å²) in [7, 11) is 0. The molecule has 4 nitrogen and oxygen atoms in total. The Bertz CT molecular complexity index is 453. The molecule has 0 unspecified atom stereocenters. The lowest BCUT2D eigenvalue weighted by Gasteiger charge is -2.25. The second kappa shape index (κ2) is 5.38. The van der Waals surface area contributed by atoms with Gasteiger partial charge in [-0.05, 0) is 51.2 Å². The Balaban J connectivity index is 2.51. The molecule has 0 aliphatic heterocycles. The van der Waals surface area contributed by atoms with Gasteiger partial charge in [0.25, 0.3) is 0 Å². The van der Waals surface area contributed by atoms with E-state index in [0.29, 0.717) is 11.4 Å². The van der Waals surface area contributed by atoms with Crippen molar-refractivity contribution in [3.63, 3.8) is 0 Å². The molecular weight excluding hydrogens is 228 g/mol. The molecule has 2 rings (SSSR count). The van der Waals surface area contributed by atoms with Crippen LogP contribution in [-0.4, -0.2) is 29.1 Å². The Kier molecular flexibility index (Phi) is 3.84. The molecule has 98 valence electrons. The number of pyridine rings is 1. The third-order valence-electron chi connectivity index (χ3n) is 3.57. The van der Waals surface area contributed by atoms with Gasteiger partial charge in [0.15, 0.2) is 0 Å². The molecule has 0 aromatic carbocycles. The van der Waals surface area contributed by atoms with E-state index < -0.39 is 5.97 Å². The zero-order valence-electron chi connectivity index (χ0n) is 11.1. The number of carboxylic acid groups (broad SMARTS) is 1. The minimum Gasteiger partial charge on any atom is -0.478 e. The summed E-state index contributed by atoms with van der Waals surface area (Å²) in [6.07, 6.45) is 4.23. The first kappa shape index (κ1) is 12.9. The van der Waals surface area contributed by atoms with Crippen molar-refractivity contribution in [2.24, 2.45) is 0 Å². The van der Waals surface area contributed by atoms with Crippen LogP contribution < -0.4 is 4.90 Å². The SMILES string of the molecule is CCN(CC)c1nc2c(cc1C(=O)O)CCCC2. The first-order valence-electron chi connectivity index (χ1n) is 6.68. The van der Waals surface area contributed by atoms with E-state index in [9.17, 15) is 9.90 Å². The molecule has 0 spiro atoms. The Morgan fingerprint density at radius 3 is 2.61 bits per heavy atom. The van der Waals surface area contributed by atoms with Gasteiger partial charge in [0, 0.05) is 18.8 Å². The van der Waals surface area contributed by atoms with Gasteiger partial charge in [-0.25, -0.2) is 9.78 Å². The molecule has 0 saturated heterocycles. The van der Waals surface area contributed by atoms with Crippen LogP contribution in [0.5, 0.6) is 0 Å². The van der Waals surface area contributed by atoms with E-state index >= 15 is 0 Å². The van der Waals surface area contributed by atoms with Crippen molar-refractivity contribution in [2.45, 2.75) is 39.5 Å². The lowest BCUT2D eigenvalue weighted by Crippen LogP contribution is -2.26. The minimum absolute atomic E-state index is 0.347. The number of rotatable bonds is 4. The molecule has 1 aromatic rings. The number of carbonyl (C=O) groups is 1. The van der Waals surface area contributed by atoms with Gasteiger partial charge in [-0.3, -0.25) is 0 Å². The molecule has 0 radical (unpaired) electrons. The fraction of sp³-hybridized carbons (Fsp3) is 0.571. The molecule has 1 aliphatic rings. The molecule has 0 atom stereocenters. The minimum atomic E-state index is -0.877. The molecular formula is C14H20N2O2. The first-order valence-corrected chi connectivity index (χ1v) is 6.68. The largest absolute Gasteiger partial charge is 0.478 e. The van der Waals surface area contributed by atoms with Crippen molar-refractivity contribution in [3.8, 4) is 0 Å². The van der Waals surface area contributed by atoms with Gasteiger partial charge in [0.05, 0.1) is 0 Å². The van der Waals surface area contributed by atoms with Gasteiger partial charge >= 0.3 is 5.97 Å². The summed E-state index contributed by atoms with van der Waals surface area (Å²) in [6.45, 7) is 5.61. The highest BCUT2D eigenvalue weighted by atomic mass is 16.4. The molecule has 0 fully saturated rings. The van der Waals surface area contributed by atoms with Crippen molar-refractivity contribution in [1.29, 1.82) is 0 Å². The Morgan fingerprint density at radius 2 is 2.00 bits per heavy atom. The second-order valence-corrected chi connectivity index (χ2v) is 4.65. The first-order chi connectivity index (χ1) is 8.67. The van der Waals surface area contributed by atoms with E-state index in [1.165, 1.54) is 0 Å². The van der Waals surface area contributed by atoms with Crippen LogP contribution in [0.25, 0.3) is 0 Å². The third-order valence-corrected chi connectivity index (χ3v) is 3.57. The van der Waals surface area contributed by atoms with E-state index in [4.69, 9.17) is 0 Å². The average molecular weight is 248 g/mol. The van der Waals surface area contributed by atoms with Crippen molar-refractivity contribution < 1.29 is 9.90 Å². The van der Waals surface area contributed by atoms with Crippen LogP contribution >= 0.6 is 0 Å². The topological polar surface area (TPSA) is 53.4 Å². The number of aromatic nitrogens is 1. The zero-order valence-corrected chi connectivity index (χ0v) is 11.1. The molecule has 0 bridgehead atoms. The number of hydrogen-bond donors (Lipinski definition) is 1. The highest BCUT2D eigenvalue weighted by Crippen LogP contribution is 2.26. The maximum atomic E-state index is 11.4. The predicted molar refractivity (Wildman–Crippen MR) is 71.4 cm³/mol. The molecule has 18 heavy (non-hydrogen) atoms. The van der Waals surface area contributed by atoms with Crippen molar-refractivity contribution >= 4 is 11.8 Å². The number of aromatic carboxylic acids is 1. The molecule has 0 saturated carbocycles. The van der Waals surface area contributed by atoms with Gasteiger partial charge in [-0.15, -0.1) is 0 Å². The van der Waals surface area contributed by atoms with E-state index in [-0.39, 0.29) is 0 Å². The van der Waals surface area contributed by atoms with Gasteiger partial charge in [0.2, 0.25) is 0 Å². The molecule has 1 aliphatic carbocycles. The van der Waals surface area contributed by atoms with Crippen molar-refractivity contribution in [2.75, 3.05) is 18.0 Å². The van der Waals surface area contributed by atoms with Crippen LogP contribution in [0.3, 0.4) is 0 Å². The van der Waals surface area contributed by atoms with E-state index in [1.807, 2.05) is 24.8 Å². The van der Waals surface area contributed by atoms with Crippen molar-refractivity contribution in [1.82, 2.24) is 4.98 Å². The number of fused-ring (bicyclic) bond motifs is 1. The summed E-state index contributed by atoms with van der Waals surface area (Å²) >= 11 is 0. The third kappa shape index (κ3) is 2.33. The van der Waals surface area contributed by atoms with Gasteiger partial charge in [-0.1, -0.05) is 0 Å². The summed E-state index contributed by atoms with van der Waals surface area (Å²) in [6, 6.07) is 1.83. The summed E-state index contributed by atoms with van der Waals surface area (Å²) in [5.74, 6) is -0.245. The highest BCUT2D eigenvalue weighted by molar-refractivity contribution is 5.93. The number of hydrogen-bond acceptors (Lipinski definition) is 3. The molecule has 1 aromatic heterocycles. The maximum absolute atomic E-state index is 11.4. The van der Waals surface area contributed by atoms with Gasteiger partial charge in [-0.2, -0.15) is 0 Å². The van der Waals surface area contributed by atoms with Gasteiger partial charge in [0.1, 0.15) is 11.4 Å². The zero-order chi connectivity index (χ0) is 13.1. The average Bonchev–Trinajstić information content (AvgIpc) is 2.39. The second-order valence-electron chi connectivity index (χ2n) is 4.65. The van der Waals surface area contributed by atoms with Crippen molar-refractivity contribution in [3.05, 3.63) is 22.9 Å². The monoisotopic (exact) mass is 248 g/mol. The lowest BCUT2D eigenvalue weighted by molar-refractivity contribution is 0.0697. The maximum Gasteiger partial charge on any atom is 0.339 e.